The molecule has 11 nitrogen and oxygen atoms in total. The van der Waals surface area contributed by atoms with Crippen molar-refractivity contribution in [2.75, 3.05) is 26.4 Å². The summed E-state index contributed by atoms with van der Waals surface area (Å²) in [6, 6.07) is 0. The van der Waals surface area contributed by atoms with E-state index >= 15 is 0 Å². The Labute approximate surface area is 449 Å². The molecule has 0 aromatic heterocycles. The minimum absolute atomic E-state index is 0.0284. The van der Waals surface area contributed by atoms with Crippen LogP contribution >= 0.6 is 7.82 Å². The van der Waals surface area contributed by atoms with E-state index in [0.29, 0.717) is 25.7 Å². The monoisotopic (exact) mass is 1050 g/mol. The Morgan fingerprint density at radius 3 is 1.14 bits per heavy atom. The number of carbonyl (C=O) groups is 3. The summed E-state index contributed by atoms with van der Waals surface area (Å²) in [7, 11) is -4.79. The smallest absolute Gasteiger partial charge is 0.462 e. The van der Waals surface area contributed by atoms with E-state index in [-0.39, 0.29) is 25.9 Å². The highest BCUT2D eigenvalue weighted by atomic mass is 31.2. The van der Waals surface area contributed by atoms with Gasteiger partial charge < -0.3 is 24.2 Å². The van der Waals surface area contributed by atoms with Gasteiger partial charge in [-0.15, -0.1) is 0 Å². The molecular formula is C62H99O11P. The molecule has 0 aliphatic rings. The summed E-state index contributed by atoms with van der Waals surface area (Å²) in [5, 5.41) is 9.78. The molecule has 0 aromatic carbocycles. The fraction of sp³-hybridized carbons (Fsp3) is 0.597. The van der Waals surface area contributed by atoms with Crippen molar-refractivity contribution in [1.29, 1.82) is 0 Å². The van der Waals surface area contributed by atoms with Crippen LogP contribution in [-0.2, 0) is 42.2 Å². The minimum atomic E-state index is -4.79. The van der Waals surface area contributed by atoms with Gasteiger partial charge in [0.25, 0.3) is 0 Å². The van der Waals surface area contributed by atoms with E-state index in [2.05, 4.69) is 124 Å². The predicted molar refractivity (Wildman–Crippen MR) is 306 cm³/mol. The minimum Gasteiger partial charge on any atom is -0.462 e. The molecule has 0 spiro atoms. The summed E-state index contributed by atoms with van der Waals surface area (Å²) in [5.41, 5.74) is 0. The Balaban J connectivity index is 4.94. The quantitative estimate of drug-likeness (QED) is 0.0197. The lowest BCUT2D eigenvalue weighted by Gasteiger charge is -2.21. The molecule has 418 valence electrons. The number of phosphoric acid groups is 1. The molecule has 2 N–H and O–H groups in total. The number of aliphatic hydroxyl groups excluding tert-OH is 1. The second-order valence-electron chi connectivity index (χ2n) is 18.0. The van der Waals surface area contributed by atoms with E-state index in [9.17, 15) is 28.9 Å². The Morgan fingerprint density at radius 1 is 0.392 bits per heavy atom. The first kappa shape index (κ1) is 69.6. The molecule has 12 heteroatoms. The fourth-order valence-electron chi connectivity index (χ4n) is 6.86. The molecule has 0 fully saturated rings. The number of ether oxygens (including phenoxy) is 3. The van der Waals surface area contributed by atoms with Crippen LogP contribution in [0.2, 0.25) is 0 Å². The van der Waals surface area contributed by atoms with Crippen molar-refractivity contribution in [3.63, 3.8) is 0 Å². The van der Waals surface area contributed by atoms with Crippen LogP contribution in [0.3, 0.4) is 0 Å². The first-order chi connectivity index (χ1) is 36.2. The number of esters is 3. The Bertz CT molecular complexity index is 1750. The molecular weight excluding hydrogens is 952 g/mol. The van der Waals surface area contributed by atoms with Crippen LogP contribution in [0.25, 0.3) is 0 Å². The van der Waals surface area contributed by atoms with Gasteiger partial charge in [-0.3, -0.25) is 23.4 Å². The third-order valence-electron chi connectivity index (χ3n) is 11.1. The lowest BCUT2D eigenvalue weighted by atomic mass is 10.1. The molecule has 0 saturated carbocycles. The van der Waals surface area contributed by atoms with Crippen molar-refractivity contribution in [2.45, 2.75) is 213 Å². The van der Waals surface area contributed by atoms with Crippen LogP contribution in [0.15, 0.2) is 134 Å². The van der Waals surface area contributed by atoms with Crippen LogP contribution < -0.4 is 0 Å². The molecule has 74 heavy (non-hydrogen) atoms. The van der Waals surface area contributed by atoms with Gasteiger partial charge in [0.2, 0.25) is 0 Å². The Morgan fingerprint density at radius 2 is 0.730 bits per heavy atom. The summed E-state index contributed by atoms with van der Waals surface area (Å²) in [5.74, 6) is -1.68. The number of unbranched alkanes of at least 4 members (excludes halogenated alkanes) is 11. The number of carbonyl (C=O) groups excluding carboxylic acids is 3. The van der Waals surface area contributed by atoms with Gasteiger partial charge in [0.1, 0.15) is 12.7 Å². The third kappa shape index (κ3) is 52.5. The van der Waals surface area contributed by atoms with Gasteiger partial charge in [-0.05, 0) is 109 Å². The summed E-state index contributed by atoms with van der Waals surface area (Å²) in [6.45, 7) is 4.21. The van der Waals surface area contributed by atoms with Crippen molar-refractivity contribution in [2.24, 2.45) is 0 Å². The predicted octanol–water partition coefficient (Wildman–Crippen LogP) is 16.6. The molecule has 0 saturated heterocycles. The first-order valence-electron chi connectivity index (χ1n) is 28.1. The van der Waals surface area contributed by atoms with Crippen LogP contribution in [0.1, 0.15) is 201 Å². The van der Waals surface area contributed by atoms with Crippen molar-refractivity contribution >= 4 is 25.7 Å². The molecule has 0 amide bonds. The van der Waals surface area contributed by atoms with E-state index < -0.39 is 57.8 Å². The highest BCUT2D eigenvalue weighted by Crippen LogP contribution is 2.43. The summed E-state index contributed by atoms with van der Waals surface area (Å²) >= 11 is 0. The number of allylic oxidation sites excluding steroid dienone is 22. The number of phosphoric ester groups is 1. The molecule has 0 aliphatic heterocycles. The van der Waals surface area contributed by atoms with Gasteiger partial charge in [-0.2, -0.15) is 0 Å². The second-order valence-corrected chi connectivity index (χ2v) is 19.4. The van der Waals surface area contributed by atoms with Crippen LogP contribution in [0.4, 0.5) is 0 Å². The van der Waals surface area contributed by atoms with Crippen LogP contribution in [0.5, 0.6) is 0 Å². The zero-order valence-corrected chi connectivity index (χ0v) is 46.9. The van der Waals surface area contributed by atoms with Gasteiger partial charge in [0, 0.05) is 19.3 Å². The van der Waals surface area contributed by atoms with Gasteiger partial charge in [-0.25, -0.2) is 4.57 Å². The van der Waals surface area contributed by atoms with E-state index in [1.165, 1.54) is 38.5 Å². The van der Waals surface area contributed by atoms with E-state index in [1.54, 1.807) is 0 Å². The van der Waals surface area contributed by atoms with E-state index in [0.717, 1.165) is 96.3 Å². The van der Waals surface area contributed by atoms with Crippen LogP contribution in [-0.4, -0.2) is 66.5 Å². The van der Waals surface area contributed by atoms with Gasteiger partial charge in [-0.1, -0.05) is 206 Å². The Hall–Kier alpha value is -4.38. The Kier molecular flexibility index (Phi) is 51.6. The molecule has 0 aliphatic carbocycles. The zero-order chi connectivity index (χ0) is 54.1. The SMILES string of the molecule is CC/C=C\C/C=C\C/C=C\C/C=C\C/C=C\C/C=C\CCC(=O)OC(COC(=O)CCCCCCC/C=C\CCCCCCCC)COP(=O)(O)OCC(CO)OC(=O)CC/C=C\C/C=C\C/C=C\C/C=C\CC. The number of rotatable bonds is 50. The largest absolute Gasteiger partial charge is 0.472 e. The maximum absolute atomic E-state index is 12.9. The van der Waals surface area contributed by atoms with Crippen molar-refractivity contribution in [1.82, 2.24) is 0 Å². The van der Waals surface area contributed by atoms with E-state index in [1.807, 2.05) is 30.4 Å². The molecule has 3 atom stereocenters. The van der Waals surface area contributed by atoms with Gasteiger partial charge in [0.15, 0.2) is 6.10 Å². The topological polar surface area (TPSA) is 155 Å². The highest BCUT2D eigenvalue weighted by Gasteiger charge is 2.28. The van der Waals surface area contributed by atoms with Crippen molar-refractivity contribution in [3.8, 4) is 0 Å². The summed E-state index contributed by atoms with van der Waals surface area (Å²) < 4.78 is 39.3. The molecule has 3 unspecified atom stereocenters. The molecule has 0 radical (unpaired) electrons. The molecule has 0 heterocycles. The van der Waals surface area contributed by atoms with Crippen molar-refractivity contribution < 1.29 is 52.2 Å². The number of hydrogen-bond acceptors (Lipinski definition) is 10. The maximum Gasteiger partial charge on any atom is 0.472 e. The summed E-state index contributed by atoms with van der Waals surface area (Å²) in [4.78, 5) is 48.4. The molecule has 0 aromatic rings. The number of hydrogen-bond donors (Lipinski definition) is 2. The lowest BCUT2D eigenvalue weighted by Crippen LogP contribution is -2.30. The molecule has 0 bridgehead atoms. The molecule has 0 rings (SSSR count). The van der Waals surface area contributed by atoms with Gasteiger partial charge >= 0.3 is 25.7 Å². The third-order valence-corrected chi connectivity index (χ3v) is 12.0. The maximum atomic E-state index is 12.9. The fourth-order valence-corrected chi connectivity index (χ4v) is 7.64. The average molecular weight is 1050 g/mol. The van der Waals surface area contributed by atoms with E-state index in [4.69, 9.17) is 23.3 Å². The van der Waals surface area contributed by atoms with Crippen LogP contribution in [0, 0.1) is 0 Å². The zero-order valence-electron chi connectivity index (χ0n) is 46.0. The first-order valence-corrected chi connectivity index (χ1v) is 29.6. The van der Waals surface area contributed by atoms with Gasteiger partial charge in [0.05, 0.1) is 19.8 Å². The normalized spacial score (nSPS) is 14.4. The lowest BCUT2D eigenvalue weighted by molar-refractivity contribution is -0.161. The standard InChI is InChI=1S/C62H99O11P/c1-4-7-10-13-16-19-22-25-27-28-29-30-32-35-38-41-44-47-50-53-62(66)73-59(55-69-60(64)51-48-45-42-39-36-34-31-26-23-20-17-14-11-8-5-2)57-71-74(67,68)70-56-58(54-63)72-61(65)52-49-46-43-40-37-33-24-21-18-15-12-9-6-3/h7,9-10,12,16,18-19,21,25-27,29-31,33,35,37-38,43-44,46-47,58-59,63H,4-6,8,11,13-15,17,20,22-24,28,32,34,36,39-42,45,48-57H2,1-3H3,(H,67,68)/b10-7-,12-9-,19-16-,21-18-,27-25-,30-29-,31-26-,37-33-,38-35-,46-43-,47-44-. The average Bonchev–Trinajstić information content (AvgIpc) is 3.39. The summed E-state index contributed by atoms with van der Waals surface area (Å²) in [6.07, 6.45) is 68.8. The number of aliphatic hydroxyl groups is 1. The van der Waals surface area contributed by atoms with Crippen molar-refractivity contribution in [3.05, 3.63) is 134 Å². The highest BCUT2D eigenvalue weighted by molar-refractivity contribution is 7.47. The second kappa shape index (κ2) is 54.9.